The standard InChI is InChI=1S/C2H2F5NO7S3/c3-1(4,5)16(9,10)8-17(11,12)2(6,7)18(13,14)15/h8H,(H,13,14,15). The van der Waals surface area contributed by atoms with E-state index in [9.17, 15) is 47.2 Å². The van der Waals surface area contributed by atoms with E-state index in [2.05, 4.69) is 0 Å². The van der Waals surface area contributed by atoms with Crippen molar-refractivity contribution in [2.75, 3.05) is 0 Å². The zero-order chi connectivity index (χ0) is 15.2. The lowest BCUT2D eigenvalue weighted by molar-refractivity contribution is -0.0441. The molecule has 0 bridgehead atoms. The van der Waals surface area contributed by atoms with Crippen LogP contribution >= 0.6 is 0 Å². The van der Waals surface area contributed by atoms with E-state index in [1.165, 1.54) is 0 Å². The maximum atomic E-state index is 12.5. The molecule has 16 heteroatoms. The van der Waals surface area contributed by atoms with Crippen LogP contribution in [0.25, 0.3) is 0 Å². The van der Waals surface area contributed by atoms with Crippen LogP contribution in [0.5, 0.6) is 0 Å². The van der Waals surface area contributed by atoms with Crippen LogP contribution in [0.1, 0.15) is 0 Å². The summed E-state index contributed by atoms with van der Waals surface area (Å²) in [5.74, 6) is 0. The Morgan fingerprint density at radius 1 is 0.778 bits per heavy atom. The summed E-state index contributed by atoms with van der Waals surface area (Å²) in [6, 6.07) is 0. The molecule has 8 nitrogen and oxygen atoms in total. The lowest BCUT2D eigenvalue weighted by atomic mass is 11.6. The molecule has 0 aliphatic rings. The first-order valence-corrected chi connectivity index (χ1v) is 7.55. The molecule has 0 saturated heterocycles. The van der Waals surface area contributed by atoms with Gasteiger partial charge in [0.05, 0.1) is 0 Å². The van der Waals surface area contributed by atoms with Crippen molar-refractivity contribution in [2.24, 2.45) is 0 Å². The summed E-state index contributed by atoms with van der Waals surface area (Å²) in [5, 5.41) is 0. The summed E-state index contributed by atoms with van der Waals surface area (Å²) < 4.78 is 122. The lowest BCUT2D eigenvalue weighted by Gasteiger charge is -2.15. The van der Waals surface area contributed by atoms with Crippen molar-refractivity contribution in [3.8, 4) is 0 Å². The number of rotatable bonds is 4. The molecule has 0 fully saturated rings. The van der Waals surface area contributed by atoms with Crippen LogP contribution in [0, 0.1) is 0 Å². The first kappa shape index (κ1) is 17.4. The molecule has 0 atom stereocenters. The molecule has 0 unspecified atom stereocenters. The van der Waals surface area contributed by atoms with Gasteiger partial charge in [0.15, 0.2) is 0 Å². The first-order valence-electron chi connectivity index (χ1n) is 3.15. The van der Waals surface area contributed by atoms with Crippen molar-refractivity contribution in [1.82, 2.24) is 4.13 Å². The van der Waals surface area contributed by atoms with E-state index in [-0.39, 0.29) is 0 Å². The Labute approximate surface area is 96.6 Å². The molecule has 18 heavy (non-hydrogen) atoms. The van der Waals surface area contributed by atoms with Gasteiger partial charge in [-0.25, -0.2) is 16.8 Å². The molecule has 0 spiro atoms. The largest absolute Gasteiger partial charge is 0.512 e. The smallest absolute Gasteiger partial charge is 0.280 e. The molecule has 0 aromatic carbocycles. The molecule has 110 valence electrons. The van der Waals surface area contributed by atoms with E-state index in [1.54, 1.807) is 0 Å². The molecule has 0 heterocycles. The van der Waals surface area contributed by atoms with Crippen molar-refractivity contribution in [2.45, 2.75) is 10.1 Å². The van der Waals surface area contributed by atoms with Crippen molar-refractivity contribution >= 4 is 30.2 Å². The zero-order valence-electron chi connectivity index (χ0n) is 7.51. The van der Waals surface area contributed by atoms with E-state index in [0.29, 0.717) is 0 Å². The second-order valence-electron chi connectivity index (χ2n) is 2.47. The predicted molar refractivity (Wildman–Crippen MR) is 43.5 cm³/mol. The first-order chi connectivity index (χ1) is 7.46. The minimum atomic E-state index is -6.89. The van der Waals surface area contributed by atoms with Gasteiger partial charge in [-0.1, -0.05) is 4.13 Å². The van der Waals surface area contributed by atoms with Gasteiger partial charge in [-0.05, 0) is 0 Å². The minimum absolute atomic E-state index is 0.550. The number of halogens is 5. The monoisotopic (exact) mass is 343 g/mol. The number of alkyl halides is 5. The third-order valence-electron chi connectivity index (χ3n) is 1.14. The molecule has 0 aliphatic heterocycles. The minimum Gasteiger partial charge on any atom is -0.280 e. The molecule has 0 rings (SSSR count). The SMILES string of the molecule is O=S(=O)(O)C(F)(F)S(=O)(=O)NS(=O)(=O)C(F)(F)F. The Bertz CT molecular complexity index is 625. The predicted octanol–water partition coefficient (Wildman–Crippen LogP) is -0.806. The van der Waals surface area contributed by atoms with Crippen LogP contribution in [0.15, 0.2) is 0 Å². The quantitative estimate of drug-likeness (QED) is 0.504. The van der Waals surface area contributed by atoms with E-state index < -0.39 is 44.4 Å². The summed E-state index contributed by atoms with van der Waals surface area (Å²) in [6.45, 7) is 0. The number of nitrogens with one attached hydrogen (secondary N) is 1. The van der Waals surface area contributed by atoms with Crippen LogP contribution < -0.4 is 4.13 Å². The molecule has 0 radical (unpaired) electrons. The zero-order valence-corrected chi connectivity index (χ0v) is 9.96. The summed E-state index contributed by atoms with van der Waals surface area (Å²) in [6.07, 6.45) is 0. The maximum Gasteiger partial charge on any atom is 0.512 e. The van der Waals surface area contributed by atoms with Crippen molar-refractivity contribution < 1.29 is 51.8 Å². The molecule has 0 aromatic heterocycles. The Kier molecular flexibility index (Phi) is 4.08. The average Bonchev–Trinajstić information content (AvgIpc) is 1.96. The highest BCUT2D eigenvalue weighted by atomic mass is 32.3. The molecule has 0 aromatic rings. The van der Waals surface area contributed by atoms with Gasteiger partial charge in [0.2, 0.25) is 0 Å². The average molecular weight is 343 g/mol. The summed E-state index contributed by atoms with van der Waals surface area (Å²) in [7, 11) is -20.4. The Balaban J connectivity index is 5.79. The lowest BCUT2D eigenvalue weighted by Crippen LogP contribution is -2.50. The number of sulfonamides is 2. The fraction of sp³-hybridized carbons (Fsp3) is 1.00. The summed E-state index contributed by atoms with van der Waals surface area (Å²) in [4.78, 5) is 0. The third kappa shape index (κ3) is 3.05. The van der Waals surface area contributed by atoms with Crippen LogP contribution in [-0.4, -0.2) is 39.9 Å². The van der Waals surface area contributed by atoms with Gasteiger partial charge < -0.3 is 0 Å². The summed E-state index contributed by atoms with van der Waals surface area (Å²) >= 11 is 0. The van der Waals surface area contributed by atoms with Crippen molar-refractivity contribution in [3.05, 3.63) is 0 Å². The fourth-order valence-corrected chi connectivity index (χ4v) is 3.72. The van der Waals surface area contributed by atoms with Gasteiger partial charge in [-0.2, -0.15) is 30.4 Å². The van der Waals surface area contributed by atoms with Crippen LogP contribution in [0.2, 0.25) is 0 Å². The van der Waals surface area contributed by atoms with Gasteiger partial charge in [0, 0.05) is 0 Å². The molecule has 0 amide bonds. The van der Waals surface area contributed by atoms with Crippen LogP contribution in [0.4, 0.5) is 22.0 Å². The van der Waals surface area contributed by atoms with E-state index in [0.717, 1.165) is 0 Å². The second-order valence-corrected chi connectivity index (χ2v) is 7.85. The highest BCUT2D eigenvalue weighted by molar-refractivity contribution is 8.12. The highest BCUT2D eigenvalue weighted by Gasteiger charge is 2.61. The third-order valence-corrected chi connectivity index (χ3v) is 6.02. The Morgan fingerprint density at radius 2 is 1.11 bits per heavy atom. The van der Waals surface area contributed by atoms with Crippen molar-refractivity contribution in [3.63, 3.8) is 0 Å². The summed E-state index contributed by atoms with van der Waals surface area (Å²) in [5.41, 5.74) is -6.28. The molecular formula is C2H2F5NO7S3. The topological polar surface area (TPSA) is 135 Å². The number of hydrogen-bond donors (Lipinski definition) is 2. The van der Waals surface area contributed by atoms with Gasteiger partial charge in [0.1, 0.15) is 0 Å². The maximum absolute atomic E-state index is 12.5. The van der Waals surface area contributed by atoms with Gasteiger partial charge >= 0.3 is 40.3 Å². The fourth-order valence-electron chi connectivity index (χ4n) is 0.379. The molecular weight excluding hydrogens is 341 g/mol. The van der Waals surface area contributed by atoms with Gasteiger partial charge in [-0.3, -0.25) is 4.55 Å². The Hall–Kier alpha value is -0.580. The Morgan fingerprint density at radius 3 is 1.33 bits per heavy atom. The normalized spacial score (nSPS) is 15.7. The number of hydrogen-bond acceptors (Lipinski definition) is 6. The van der Waals surface area contributed by atoms with E-state index >= 15 is 0 Å². The molecule has 0 aliphatic carbocycles. The van der Waals surface area contributed by atoms with Crippen molar-refractivity contribution in [1.29, 1.82) is 0 Å². The second kappa shape index (κ2) is 4.22. The van der Waals surface area contributed by atoms with Gasteiger partial charge in [0.25, 0.3) is 0 Å². The molecule has 2 N–H and O–H groups in total. The van der Waals surface area contributed by atoms with Gasteiger partial charge in [-0.15, -0.1) is 0 Å². The van der Waals surface area contributed by atoms with Crippen LogP contribution in [0.3, 0.4) is 0 Å². The van der Waals surface area contributed by atoms with Crippen LogP contribution in [-0.2, 0) is 30.2 Å². The van der Waals surface area contributed by atoms with E-state index in [1.807, 2.05) is 0 Å². The van der Waals surface area contributed by atoms with E-state index in [4.69, 9.17) is 4.55 Å². The molecule has 0 saturated carbocycles. The highest BCUT2D eigenvalue weighted by Crippen LogP contribution is 2.30.